The predicted octanol–water partition coefficient (Wildman–Crippen LogP) is 4.55. The van der Waals surface area contributed by atoms with Crippen LogP contribution in [0.15, 0.2) is 22.7 Å². The Balaban J connectivity index is 2.69. The highest BCUT2D eigenvalue weighted by molar-refractivity contribution is 9.10. The first-order chi connectivity index (χ1) is 8.69. The van der Waals surface area contributed by atoms with E-state index < -0.39 is 0 Å². The van der Waals surface area contributed by atoms with E-state index in [1.54, 1.807) is 0 Å². The van der Waals surface area contributed by atoms with E-state index in [9.17, 15) is 0 Å². The van der Waals surface area contributed by atoms with E-state index in [-0.39, 0.29) is 0 Å². The molecule has 0 aliphatic rings. The first kappa shape index (κ1) is 13.3. The lowest BCUT2D eigenvalue weighted by Crippen LogP contribution is -2.00. The Morgan fingerprint density at radius 1 is 1.17 bits per heavy atom. The largest absolute Gasteiger partial charge is 0.373 e. The van der Waals surface area contributed by atoms with Crippen molar-refractivity contribution in [3.63, 3.8) is 0 Å². The number of nitrogens with one attached hydrogen (secondary N) is 1. The topological polar surface area (TPSA) is 24.9 Å². The maximum Gasteiger partial charge on any atom is 0.129 e. The Morgan fingerprint density at radius 3 is 2.56 bits per heavy atom. The van der Waals surface area contributed by atoms with Crippen molar-refractivity contribution in [2.45, 2.75) is 33.1 Å². The van der Waals surface area contributed by atoms with E-state index in [4.69, 9.17) is 4.98 Å². The van der Waals surface area contributed by atoms with Crippen LogP contribution in [-0.2, 0) is 12.8 Å². The van der Waals surface area contributed by atoms with Crippen molar-refractivity contribution in [2.24, 2.45) is 0 Å². The number of aryl methyl sites for hydroxylation is 2. The summed E-state index contributed by atoms with van der Waals surface area (Å²) in [7, 11) is 1.94. The van der Waals surface area contributed by atoms with E-state index in [1.807, 2.05) is 7.05 Å². The molecule has 2 rings (SSSR count). The Labute approximate surface area is 117 Å². The molecule has 0 aliphatic heterocycles. The molecule has 2 aromatic rings. The van der Waals surface area contributed by atoms with E-state index in [0.29, 0.717) is 0 Å². The summed E-state index contributed by atoms with van der Waals surface area (Å²) in [5.41, 5.74) is 3.71. The number of hydrogen-bond acceptors (Lipinski definition) is 2. The second-order valence-corrected chi connectivity index (χ2v) is 5.40. The zero-order valence-electron chi connectivity index (χ0n) is 11.2. The van der Waals surface area contributed by atoms with Gasteiger partial charge in [0.2, 0.25) is 0 Å². The van der Waals surface area contributed by atoms with Gasteiger partial charge in [0.05, 0.1) is 5.52 Å². The number of rotatable bonds is 4. The predicted molar refractivity (Wildman–Crippen MR) is 82.4 cm³/mol. The van der Waals surface area contributed by atoms with Crippen molar-refractivity contribution in [2.75, 3.05) is 12.4 Å². The maximum absolute atomic E-state index is 4.79. The minimum absolute atomic E-state index is 0.999. The van der Waals surface area contributed by atoms with Crippen LogP contribution in [0.4, 0.5) is 5.82 Å². The molecule has 3 heteroatoms. The Kier molecular flexibility index (Phi) is 4.23. The molecule has 0 bridgehead atoms. The van der Waals surface area contributed by atoms with Crippen molar-refractivity contribution in [3.05, 3.63) is 33.8 Å². The Bertz CT molecular complexity index is 564. The van der Waals surface area contributed by atoms with Gasteiger partial charge in [-0.3, -0.25) is 0 Å². The smallest absolute Gasteiger partial charge is 0.129 e. The van der Waals surface area contributed by atoms with Crippen LogP contribution in [0.1, 0.15) is 31.4 Å². The average Bonchev–Trinajstić information content (AvgIpc) is 2.37. The summed E-state index contributed by atoms with van der Waals surface area (Å²) in [5, 5.41) is 4.44. The van der Waals surface area contributed by atoms with Gasteiger partial charge in [-0.05, 0) is 42.2 Å². The molecule has 0 atom stereocenters. The third-order valence-corrected chi connectivity index (χ3v) is 3.64. The second kappa shape index (κ2) is 5.70. The molecule has 1 aromatic carbocycles. The maximum atomic E-state index is 4.79. The number of pyridine rings is 1. The van der Waals surface area contributed by atoms with Gasteiger partial charge in [0, 0.05) is 16.9 Å². The number of benzene rings is 1. The number of fused-ring (bicyclic) bond motifs is 1. The number of hydrogen-bond donors (Lipinski definition) is 1. The van der Waals surface area contributed by atoms with Crippen molar-refractivity contribution in [1.82, 2.24) is 4.98 Å². The molecule has 0 aliphatic carbocycles. The third-order valence-electron chi connectivity index (χ3n) is 3.18. The lowest BCUT2D eigenvalue weighted by molar-refractivity contribution is 0.918. The standard InChI is InChI=1S/C15H19BrN2/c1-4-6-11-7-12-9-13(16)8-10(5-2)14(12)18-15(11)17-3/h7-9H,4-6H2,1-3H3,(H,17,18). The van der Waals surface area contributed by atoms with E-state index in [1.165, 1.54) is 16.5 Å². The molecule has 1 N–H and O–H groups in total. The van der Waals surface area contributed by atoms with Gasteiger partial charge in [0.1, 0.15) is 5.82 Å². The van der Waals surface area contributed by atoms with E-state index in [0.717, 1.165) is 35.1 Å². The van der Waals surface area contributed by atoms with Crippen molar-refractivity contribution >= 4 is 32.7 Å². The third kappa shape index (κ3) is 2.51. The molecule has 0 fully saturated rings. The van der Waals surface area contributed by atoms with Crippen LogP contribution in [0, 0.1) is 0 Å². The number of anilines is 1. The molecule has 1 heterocycles. The average molecular weight is 307 g/mol. The minimum Gasteiger partial charge on any atom is -0.373 e. The highest BCUT2D eigenvalue weighted by atomic mass is 79.9. The van der Waals surface area contributed by atoms with Gasteiger partial charge in [0.15, 0.2) is 0 Å². The van der Waals surface area contributed by atoms with Gasteiger partial charge in [-0.25, -0.2) is 4.98 Å². The number of aromatic nitrogens is 1. The van der Waals surface area contributed by atoms with Gasteiger partial charge in [0.25, 0.3) is 0 Å². The fraction of sp³-hybridized carbons (Fsp3) is 0.400. The van der Waals surface area contributed by atoms with Gasteiger partial charge in [-0.15, -0.1) is 0 Å². The van der Waals surface area contributed by atoms with E-state index in [2.05, 4.69) is 53.3 Å². The quantitative estimate of drug-likeness (QED) is 0.896. The zero-order chi connectivity index (χ0) is 13.1. The molecule has 0 saturated carbocycles. The monoisotopic (exact) mass is 306 g/mol. The van der Waals surface area contributed by atoms with Crippen LogP contribution < -0.4 is 5.32 Å². The summed E-state index contributed by atoms with van der Waals surface area (Å²) in [6.45, 7) is 4.36. The van der Waals surface area contributed by atoms with E-state index >= 15 is 0 Å². The molecule has 0 saturated heterocycles. The van der Waals surface area contributed by atoms with Crippen LogP contribution in [-0.4, -0.2) is 12.0 Å². The SMILES string of the molecule is CCCc1cc2cc(Br)cc(CC)c2nc1NC. The molecule has 96 valence electrons. The summed E-state index contributed by atoms with van der Waals surface area (Å²) in [6, 6.07) is 6.58. The summed E-state index contributed by atoms with van der Waals surface area (Å²) in [6.07, 6.45) is 3.20. The van der Waals surface area contributed by atoms with Crippen LogP contribution >= 0.6 is 15.9 Å². The van der Waals surface area contributed by atoms with Gasteiger partial charge < -0.3 is 5.32 Å². The molecule has 0 unspecified atom stereocenters. The van der Waals surface area contributed by atoms with Crippen molar-refractivity contribution < 1.29 is 0 Å². The van der Waals surface area contributed by atoms with Crippen LogP contribution in [0.5, 0.6) is 0 Å². The summed E-state index contributed by atoms with van der Waals surface area (Å²) < 4.78 is 1.13. The fourth-order valence-corrected chi connectivity index (χ4v) is 2.83. The summed E-state index contributed by atoms with van der Waals surface area (Å²) >= 11 is 3.58. The fourth-order valence-electron chi connectivity index (χ4n) is 2.31. The highest BCUT2D eigenvalue weighted by Crippen LogP contribution is 2.27. The van der Waals surface area contributed by atoms with Gasteiger partial charge in [-0.2, -0.15) is 0 Å². The first-order valence-electron chi connectivity index (χ1n) is 6.49. The Hall–Kier alpha value is -1.09. The first-order valence-corrected chi connectivity index (χ1v) is 7.28. The van der Waals surface area contributed by atoms with Crippen LogP contribution in [0.2, 0.25) is 0 Å². The molecule has 2 nitrogen and oxygen atoms in total. The summed E-state index contributed by atoms with van der Waals surface area (Å²) in [4.78, 5) is 4.79. The zero-order valence-corrected chi connectivity index (χ0v) is 12.8. The second-order valence-electron chi connectivity index (χ2n) is 4.49. The molecule has 18 heavy (non-hydrogen) atoms. The van der Waals surface area contributed by atoms with Crippen molar-refractivity contribution in [1.29, 1.82) is 0 Å². The van der Waals surface area contributed by atoms with Crippen LogP contribution in [0.25, 0.3) is 10.9 Å². The lowest BCUT2D eigenvalue weighted by atomic mass is 10.0. The molecule has 0 amide bonds. The van der Waals surface area contributed by atoms with Crippen molar-refractivity contribution in [3.8, 4) is 0 Å². The molecular formula is C15H19BrN2. The highest BCUT2D eigenvalue weighted by Gasteiger charge is 2.09. The molecule has 0 spiro atoms. The van der Waals surface area contributed by atoms with Gasteiger partial charge in [-0.1, -0.05) is 36.2 Å². The molecule has 0 radical (unpaired) electrons. The lowest BCUT2D eigenvalue weighted by Gasteiger charge is -2.12. The Morgan fingerprint density at radius 2 is 1.94 bits per heavy atom. The minimum atomic E-state index is 0.999. The normalized spacial score (nSPS) is 10.9. The molecule has 1 aromatic heterocycles. The summed E-state index contributed by atoms with van der Waals surface area (Å²) in [5.74, 6) is 1.02. The number of halogens is 1. The van der Waals surface area contributed by atoms with Gasteiger partial charge >= 0.3 is 0 Å². The molecular weight excluding hydrogens is 288 g/mol. The number of nitrogens with zero attached hydrogens (tertiary/aromatic N) is 1. The van der Waals surface area contributed by atoms with Crippen LogP contribution in [0.3, 0.4) is 0 Å².